The van der Waals surface area contributed by atoms with E-state index in [1.807, 2.05) is 0 Å². The van der Waals surface area contributed by atoms with E-state index in [2.05, 4.69) is 24.5 Å². The van der Waals surface area contributed by atoms with E-state index in [0.29, 0.717) is 5.92 Å². The number of carbonyl (C=O) groups is 1. The summed E-state index contributed by atoms with van der Waals surface area (Å²) in [6, 6.07) is 0. The maximum Gasteiger partial charge on any atom is 0.224 e. The molecule has 0 aromatic heterocycles. The van der Waals surface area contributed by atoms with E-state index >= 15 is 0 Å². The number of hydrogen-bond acceptors (Lipinski definition) is 2. The summed E-state index contributed by atoms with van der Waals surface area (Å²) in [5.74, 6) is 1.12. The number of halogens is 1. The zero-order valence-corrected chi connectivity index (χ0v) is 12.7. The number of piperidine rings is 1. The van der Waals surface area contributed by atoms with Crippen molar-refractivity contribution < 1.29 is 4.79 Å². The first-order valence-electron chi connectivity index (χ1n) is 7.26. The average Bonchev–Trinajstić information content (AvgIpc) is 2.39. The third kappa shape index (κ3) is 6.60. The van der Waals surface area contributed by atoms with E-state index in [1.54, 1.807) is 0 Å². The highest BCUT2D eigenvalue weighted by molar-refractivity contribution is 5.85. The number of rotatable bonds is 7. The molecule has 3 nitrogen and oxygen atoms in total. The number of hydrogen-bond donors (Lipinski definition) is 2. The summed E-state index contributed by atoms with van der Waals surface area (Å²) in [6.07, 6.45) is 7.12. The van der Waals surface area contributed by atoms with Crippen LogP contribution in [0.25, 0.3) is 0 Å². The second-order valence-corrected chi connectivity index (χ2v) is 5.20. The third-order valence-corrected chi connectivity index (χ3v) is 3.78. The predicted octanol–water partition coefficient (Wildman–Crippen LogP) is 2.74. The van der Waals surface area contributed by atoms with Crippen molar-refractivity contribution in [2.45, 2.75) is 52.4 Å². The molecule has 1 aliphatic rings. The Hall–Kier alpha value is -0.280. The molecule has 2 unspecified atom stereocenters. The van der Waals surface area contributed by atoms with Gasteiger partial charge in [-0.05, 0) is 31.7 Å². The smallest absolute Gasteiger partial charge is 0.224 e. The molecular formula is C14H29ClN2O. The van der Waals surface area contributed by atoms with Crippen LogP contribution in [0.4, 0.5) is 0 Å². The van der Waals surface area contributed by atoms with Crippen LogP contribution in [0.3, 0.4) is 0 Å². The van der Waals surface area contributed by atoms with Gasteiger partial charge in [0, 0.05) is 13.1 Å². The molecule has 1 saturated heterocycles. The van der Waals surface area contributed by atoms with Crippen LogP contribution in [-0.4, -0.2) is 25.5 Å². The van der Waals surface area contributed by atoms with Gasteiger partial charge in [-0.1, -0.05) is 33.1 Å². The molecule has 0 aliphatic carbocycles. The van der Waals surface area contributed by atoms with Gasteiger partial charge in [0.05, 0.1) is 5.92 Å². The first-order valence-corrected chi connectivity index (χ1v) is 7.26. The van der Waals surface area contributed by atoms with Crippen LogP contribution < -0.4 is 10.6 Å². The Balaban J connectivity index is 0.00000289. The first kappa shape index (κ1) is 17.7. The second-order valence-electron chi connectivity index (χ2n) is 5.20. The molecule has 2 atom stereocenters. The van der Waals surface area contributed by atoms with Crippen LogP contribution in [0, 0.1) is 11.8 Å². The average molecular weight is 277 g/mol. The van der Waals surface area contributed by atoms with Gasteiger partial charge in [-0.15, -0.1) is 12.4 Å². The van der Waals surface area contributed by atoms with Crippen molar-refractivity contribution in [2.24, 2.45) is 11.8 Å². The van der Waals surface area contributed by atoms with Gasteiger partial charge < -0.3 is 10.6 Å². The zero-order valence-electron chi connectivity index (χ0n) is 11.8. The minimum Gasteiger partial charge on any atom is -0.356 e. The first-order chi connectivity index (χ1) is 8.27. The Morgan fingerprint density at radius 1 is 1.44 bits per heavy atom. The van der Waals surface area contributed by atoms with E-state index in [-0.39, 0.29) is 24.2 Å². The van der Waals surface area contributed by atoms with Gasteiger partial charge in [0.15, 0.2) is 0 Å². The molecule has 1 rings (SSSR count). The molecule has 0 radical (unpaired) electrons. The van der Waals surface area contributed by atoms with Gasteiger partial charge in [0.25, 0.3) is 0 Å². The normalized spacial score (nSPS) is 20.9. The zero-order chi connectivity index (χ0) is 12.5. The van der Waals surface area contributed by atoms with E-state index in [4.69, 9.17) is 0 Å². The fourth-order valence-electron chi connectivity index (χ4n) is 2.41. The Morgan fingerprint density at radius 2 is 2.22 bits per heavy atom. The van der Waals surface area contributed by atoms with Crippen LogP contribution >= 0.6 is 12.4 Å². The van der Waals surface area contributed by atoms with Crippen molar-refractivity contribution in [2.75, 3.05) is 19.6 Å². The minimum absolute atomic E-state index is 0. The third-order valence-electron chi connectivity index (χ3n) is 3.78. The van der Waals surface area contributed by atoms with Crippen LogP contribution in [0.15, 0.2) is 0 Å². The van der Waals surface area contributed by atoms with Crippen LogP contribution in [0.1, 0.15) is 52.4 Å². The molecule has 1 amide bonds. The molecule has 0 saturated carbocycles. The lowest BCUT2D eigenvalue weighted by molar-refractivity contribution is -0.125. The van der Waals surface area contributed by atoms with E-state index in [1.165, 1.54) is 25.7 Å². The fraction of sp³-hybridized carbons (Fsp3) is 0.929. The summed E-state index contributed by atoms with van der Waals surface area (Å²) in [5.41, 5.74) is 0. The summed E-state index contributed by atoms with van der Waals surface area (Å²) in [7, 11) is 0. The maximum absolute atomic E-state index is 11.9. The lowest BCUT2D eigenvalue weighted by Gasteiger charge is -2.23. The molecule has 0 aromatic carbocycles. The fourth-order valence-corrected chi connectivity index (χ4v) is 2.41. The van der Waals surface area contributed by atoms with E-state index in [9.17, 15) is 4.79 Å². The Morgan fingerprint density at radius 3 is 2.78 bits per heavy atom. The lowest BCUT2D eigenvalue weighted by Crippen LogP contribution is -2.41. The monoisotopic (exact) mass is 276 g/mol. The molecule has 2 N–H and O–H groups in total. The van der Waals surface area contributed by atoms with Gasteiger partial charge in [0.2, 0.25) is 5.91 Å². The molecule has 1 fully saturated rings. The van der Waals surface area contributed by atoms with Gasteiger partial charge >= 0.3 is 0 Å². The second kappa shape index (κ2) is 10.6. The largest absolute Gasteiger partial charge is 0.356 e. The predicted molar refractivity (Wildman–Crippen MR) is 79.2 cm³/mol. The van der Waals surface area contributed by atoms with E-state index in [0.717, 1.165) is 32.5 Å². The highest BCUT2D eigenvalue weighted by Crippen LogP contribution is 2.13. The van der Waals surface area contributed by atoms with Crippen LogP contribution in [0.2, 0.25) is 0 Å². The summed E-state index contributed by atoms with van der Waals surface area (Å²) in [6.45, 7) is 7.23. The number of nitrogens with one attached hydrogen (secondary N) is 2. The summed E-state index contributed by atoms with van der Waals surface area (Å²) in [5, 5.41) is 6.42. The van der Waals surface area contributed by atoms with Gasteiger partial charge in [-0.25, -0.2) is 0 Å². The van der Waals surface area contributed by atoms with Crippen molar-refractivity contribution in [1.82, 2.24) is 10.6 Å². The van der Waals surface area contributed by atoms with Crippen molar-refractivity contribution in [3.8, 4) is 0 Å². The molecular weight excluding hydrogens is 248 g/mol. The number of unbranched alkanes of at least 4 members (excludes halogenated alkanes) is 1. The van der Waals surface area contributed by atoms with Crippen molar-refractivity contribution in [1.29, 1.82) is 0 Å². The Kier molecular flexibility index (Phi) is 10.5. The molecule has 108 valence electrons. The summed E-state index contributed by atoms with van der Waals surface area (Å²) < 4.78 is 0. The molecule has 0 spiro atoms. The lowest BCUT2D eigenvalue weighted by atomic mass is 9.97. The molecule has 4 heteroatoms. The van der Waals surface area contributed by atoms with Crippen molar-refractivity contribution in [3.63, 3.8) is 0 Å². The Labute approximate surface area is 118 Å². The highest BCUT2D eigenvalue weighted by atomic mass is 35.5. The van der Waals surface area contributed by atoms with Gasteiger partial charge in [-0.3, -0.25) is 4.79 Å². The quantitative estimate of drug-likeness (QED) is 0.751. The maximum atomic E-state index is 11.9. The Bertz CT molecular complexity index is 218. The topological polar surface area (TPSA) is 41.1 Å². The number of amides is 1. The standard InChI is InChI=1S/C14H28N2O.ClH/c1-3-5-7-12(4-2)10-16-14(17)13-8-6-9-15-11-13;/h12-13,15H,3-11H2,1-2H3,(H,16,17);1H. The van der Waals surface area contributed by atoms with Gasteiger partial charge in [0.1, 0.15) is 0 Å². The van der Waals surface area contributed by atoms with Crippen molar-refractivity contribution in [3.05, 3.63) is 0 Å². The summed E-state index contributed by atoms with van der Waals surface area (Å²) in [4.78, 5) is 11.9. The van der Waals surface area contributed by atoms with Crippen LogP contribution in [0.5, 0.6) is 0 Å². The summed E-state index contributed by atoms with van der Waals surface area (Å²) >= 11 is 0. The van der Waals surface area contributed by atoms with Crippen LogP contribution in [-0.2, 0) is 4.79 Å². The van der Waals surface area contributed by atoms with E-state index < -0.39 is 0 Å². The number of carbonyl (C=O) groups excluding carboxylic acids is 1. The SMILES string of the molecule is CCCCC(CC)CNC(=O)C1CCCNC1.Cl. The molecule has 1 aliphatic heterocycles. The molecule has 1 heterocycles. The molecule has 0 aromatic rings. The highest BCUT2D eigenvalue weighted by Gasteiger charge is 2.21. The van der Waals surface area contributed by atoms with Crippen molar-refractivity contribution >= 4 is 18.3 Å². The minimum atomic E-state index is 0. The van der Waals surface area contributed by atoms with Gasteiger partial charge in [-0.2, -0.15) is 0 Å². The molecule has 0 bridgehead atoms. The molecule has 18 heavy (non-hydrogen) atoms.